The van der Waals surface area contributed by atoms with Crippen molar-refractivity contribution in [2.24, 2.45) is 0 Å². The number of carbonyl (C=O) groups is 2. The minimum atomic E-state index is -0.981. The zero-order chi connectivity index (χ0) is 14.7. The molecular formula is C11H16N4O4S. The highest BCUT2D eigenvalue weighted by Crippen LogP contribution is 2.28. The lowest BCUT2D eigenvalue weighted by Crippen LogP contribution is -2.49. The first kappa shape index (κ1) is 14.6. The molecule has 0 spiro atoms. The van der Waals surface area contributed by atoms with E-state index in [1.807, 2.05) is 6.92 Å². The van der Waals surface area contributed by atoms with Gasteiger partial charge in [0.1, 0.15) is 6.04 Å². The fraction of sp³-hybridized carbons (Fsp3) is 0.636. The molecule has 2 unspecified atom stereocenters. The molecule has 0 bridgehead atoms. The van der Waals surface area contributed by atoms with Gasteiger partial charge in [-0.15, -0.1) is 11.8 Å². The zero-order valence-electron chi connectivity index (χ0n) is 11.2. The number of hydrogen-bond acceptors (Lipinski definition) is 6. The van der Waals surface area contributed by atoms with E-state index in [1.54, 1.807) is 6.92 Å². The van der Waals surface area contributed by atoms with Crippen LogP contribution in [0.25, 0.3) is 0 Å². The molecule has 1 fully saturated rings. The van der Waals surface area contributed by atoms with E-state index in [2.05, 4.69) is 15.5 Å². The summed E-state index contributed by atoms with van der Waals surface area (Å²) in [6.07, 6.45) is 0.441. The van der Waals surface area contributed by atoms with Crippen LogP contribution in [0.2, 0.25) is 0 Å². The molecular weight excluding hydrogens is 284 g/mol. The molecule has 1 saturated heterocycles. The number of carboxylic acid groups (broad SMARTS) is 1. The molecule has 8 nitrogen and oxygen atoms in total. The minimum absolute atomic E-state index is 0.150. The molecule has 2 N–H and O–H groups in total. The molecule has 0 saturated carbocycles. The average molecular weight is 300 g/mol. The third-order valence-electron chi connectivity index (χ3n) is 2.94. The molecule has 0 aromatic carbocycles. The number of aliphatic carboxylic acids is 1. The van der Waals surface area contributed by atoms with E-state index in [0.29, 0.717) is 30.4 Å². The molecule has 1 aliphatic heterocycles. The third kappa shape index (κ3) is 3.21. The summed E-state index contributed by atoms with van der Waals surface area (Å²) in [5.41, 5.74) is 0. The Labute approximate surface area is 119 Å². The van der Waals surface area contributed by atoms with E-state index >= 15 is 0 Å². The third-order valence-corrected chi connectivity index (χ3v) is 4.15. The van der Waals surface area contributed by atoms with Crippen molar-refractivity contribution in [1.29, 1.82) is 0 Å². The van der Waals surface area contributed by atoms with Gasteiger partial charge >= 0.3 is 12.0 Å². The molecule has 0 aliphatic carbocycles. The number of nitrogens with one attached hydrogen (secondary N) is 1. The van der Waals surface area contributed by atoms with Gasteiger partial charge in [-0.2, -0.15) is 4.98 Å². The van der Waals surface area contributed by atoms with Crippen molar-refractivity contribution in [3.8, 4) is 0 Å². The fourth-order valence-corrected chi connectivity index (χ4v) is 3.12. The summed E-state index contributed by atoms with van der Waals surface area (Å²) in [6.45, 7) is 3.84. The van der Waals surface area contributed by atoms with Crippen molar-refractivity contribution < 1.29 is 19.2 Å². The fourth-order valence-electron chi connectivity index (χ4n) is 1.96. The second kappa shape index (κ2) is 6.12. The maximum Gasteiger partial charge on any atom is 0.327 e. The number of thioether (sulfide) groups is 1. The summed E-state index contributed by atoms with van der Waals surface area (Å²) in [5, 5.41) is 15.3. The second-order valence-electron chi connectivity index (χ2n) is 4.41. The number of amides is 2. The number of hydrogen-bond donors (Lipinski definition) is 2. The quantitative estimate of drug-likeness (QED) is 0.832. The van der Waals surface area contributed by atoms with Crippen LogP contribution in [-0.4, -0.2) is 55.9 Å². The lowest BCUT2D eigenvalue weighted by molar-refractivity contribution is -0.141. The number of aryl methyl sites for hydroxylation is 1. The summed E-state index contributed by atoms with van der Waals surface area (Å²) in [5.74, 6) is 0.419. The molecule has 1 aliphatic rings. The molecule has 2 rings (SSSR count). The molecule has 2 atom stereocenters. The summed E-state index contributed by atoms with van der Waals surface area (Å²) in [6, 6.07) is -1.16. The predicted octanol–water partition coefficient (Wildman–Crippen LogP) is 0.478. The van der Waals surface area contributed by atoms with E-state index in [0.717, 1.165) is 0 Å². The molecule has 1 aromatic rings. The highest BCUT2D eigenvalue weighted by molar-refractivity contribution is 8.00. The maximum absolute atomic E-state index is 12.0. The van der Waals surface area contributed by atoms with Gasteiger partial charge in [-0.1, -0.05) is 5.16 Å². The molecule has 20 heavy (non-hydrogen) atoms. The topological polar surface area (TPSA) is 109 Å². The highest BCUT2D eigenvalue weighted by Gasteiger charge is 2.39. The Morgan fingerprint density at radius 2 is 2.35 bits per heavy atom. The summed E-state index contributed by atoms with van der Waals surface area (Å²) in [4.78, 5) is 28.5. The van der Waals surface area contributed by atoms with Gasteiger partial charge in [0, 0.05) is 25.6 Å². The van der Waals surface area contributed by atoms with Crippen LogP contribution in [0.1, 0.15) is 18.6 Å². The van der Waals surface area contributed by atoms with Gasteiger partial charge in [0.25, 0.3) is 0 Å². The second-order valence-corrected chi connectivity index (χ2v) is 5.75. The lowest BCUT2D eigenvalue weighted by Gasteiger charge is -2.25. The van der Waals surface area contributed by atoms with E-state index in [9.17, 15) is 9.59 Å². The molecule has 0 radical (unpaired) electrons. The number of rotatable bonds is 4. The van der Waals surface area contributed by atoms with Gasteiger partial charge < -0.3 is 14.9 Å². The van der Waals surface area contributed by atoms with Crippen molar-refractivity contribution in [3.63, 3.8) is 0 Å². The van der Waals surface area contributed by atoms with E-state index in [4.69, 9.17) is 9.63 Å². The summed E-state index contributed by atoms with van der Waals surface area (Å²) < 4.78 is 4.82. The first-order valence-corrected chi connectivity index (χ1v) is 7.23. The minimum Gasteiger partial charge on any atom is -0.480 e. The van der Waals surface area contributed by atoms with Gasteiger partial charge in [-0.05, 0) is 6.92 Å². The molecule has 110 valence electrons. The number of aromatic nitrogens is 2. The van der Waals surface area contributed by atoms with Crippen LogP contribution in [0.5, 0.6) is 0 Å². The van der Waals surface area contributed by atoms with Crippen LogP contribution in [0, 0.1) is 6.92 Å². The first-order valence-electron chi connectivity index (χ1n) is 6.19. The zero-order valence-corrected chi connectivity index (χ0v) is 12.0. The van der Waals surface area contributed by atoms with E-state index in [-0.39, 0.29) is 11.4 Å². The summed E-state index contributed by atoms with van der Waals surface area (Å²) >= 11 is 1.45. The normalized spacial score (nSPS) is 22.0. The van der Waals surface area contributed by atoms with Crippen LogP contribution in [0.15, 0.2) is 4.52 Å². The van der Waals surface area contributed by atoms with E-state index < -0.39 is 12.0 Å². The Morgan fingerprint density at radius 1 is 1.60 bits per heavy atom. The molecule has 9 heteroatoms. The van der Waals surface area contributed by atoms with Gasteiger partial charge in [-0.3, -0.25) is 4.90 Å². The number of nitrogens with zero attached hydrogens (tertiary/aromatic N) is 3. The average Bonchev–Trinajstić information content (AvgIpc) is 2.95. The van der Waals surface area contributed by atoms with Gasteiger partial charge in [0.2, 0.25) is 5.89 Å². The van der Waals surface area contributed by atoms with Crippen molar-refractivity contribution in [3.05, 3.63) is 11.7 Å². The maximum atomic E-state index is 12.0. The lowest BCUT2D eigenvalue weighted by atomic mass is 10.3. The molecule has 2 heterocycles. The first-order chi connectivity index (χ1) is 9.49. The van der Waals surface area contributed by atoms with Crippen LogP contribution in [0.4, 0.5) is 4.79 Å². The van der Waals surface area contributed by atoms with Crippen LogP contribution < -0.4 is 5.32 Å². The number of urea groups is 1. The highest BCUT2D eigenvalue weighted by atomic mass is 32.2. The van der Waals surface area contributed by atoms with Crippen molar-refractivity contribution >= 4 is 23.8 Å². The Morgan fingerprint density at radius 3 is 2.95 bits per heavy atom. The van der Waals surface area contributed by atoms with Crippen molar-refractivity contribution in [2.45, 2.75) is 31.7 Å². The van der Waals surface area contributed by atoms with Gasteiger partial charge in [-0.25, -0.2) is 9.59 Å². The monoisotopic (exact) mass is 300 g/mol. The molecule has 2 amide bonds. The standard InChI is InChI=1S/C11H16N4O4S/c1-6-13-9(14-19-6)3-4-12-11(18)15-7(2)20-5-8(15)10(16)17/h7-8H,3-5H2,1-2H3,(H,12,18)(H,16,17). The Hall–Kier alpha value is -1.77. The van der Waals surface area contributed by atoms with Gasteiger partial charge in [0.15, 0.2) is 5.82 Å². The summed E-state index contributed by atoms with van der Waals surface area (Å²) in [7, 11) is 0. The Balaban J connectivity index is 1.86. The van der Waals surface area contributed by atoms with Crippen molar-refractivity contribution in [2.75, 3.05) is 12.3 Å². The number of carbonyl (C=O) groups excluding carboxylic acids is 1. The SMILES string of the molecule is Cc1nc(CCNC(=O)N2C(C)SCC2C(=O)O)no1. The Kier molecular flexibility index (Phi) is 4.48. The van der Waals surface area contributed by atoms with Crippen LogP contribution >= 0.6 is 11.8 Å². The van der Waals surface area contributed by atoms with Crippen LogP contribution in [0.3, 0.4) is 0 Å². The van der Waals surface area contributed by atoms with Crippen molar-refractivity contribution in [1.82, 2.24) is 20.4 Å². The van der Waals surface area contributed by atoms with E-state index in [1.165, 1.54) is 16.7 Å². The number of carboxylic acids is 1. The smallest absolute Gasteiger partial charge is 0.327 e. The van der Waals surface area contributed by atoms with Gasteiger partial charge in [0.05, 0.1) is 5.37 Å². The van der Waals surface area contributed by atoms with Crippen LogP contribution in [-0.2, 0) is 11.2 Å². The largest absolute Gasteiger partial charge is 0.480 e. The Bertz CT molecular complexity index is 506. The molecule has 1 aromatic heterocycles. The predicted molar refractivity (Wildman–Crippen MR) is 71.3 cm³/mol.